The first kappa shape index (κ1) is 11.3. The van der Waals surface area contributed by atoms with Crippen LogP contribution >= 0.6 is 0 Å². The Kier molecular flexibility index (Phi) is 3.15. The zero-order valence-corrected chi connectivity index (χ0v) is 9.90. The molecular weight excluding hydrogens is 208 g/mol. The molecule has 86 valence electrons. The Morgan fingerprint density at radius 2 is 1.82 bits per heavy atom. The van der Waals surface area contributed by atoms with Gasteiger partial charge in [-0.2, -0.15) is 0 Å². The fourth-order valence-electron chi connectivity index (χ4n) is 1.64. The monoisotopic (exact) mass is 224 g/mol. The van der Waals surface area contributed by atoms with Gasteiger partial charge in [0.15, 0.2) is 0 Å². The van der Waals surface area contributed by atoms with E-state index in [0.29, 0.717) is 0 Å². The van der Waals surface area contributed by atoms with Crippen LogP contribution in [0, 0.1) is 6.92 Å². The van der Waals surface area contributed by atoms with Crippen molar-refractivity contribution >= 4 is 23.1 Å². The number of nitrogens with two attached hydrogens (primary N) is 1. The number of benzene rings is 2. The molecule has 0 unspecified atom stereocenters. The van der Waals surface area contributed by atoms with Gasteiger partial charge in [-0.1, -0.05) is 30.9 Å². The number of hydrogen-bond donors (Lipinski definition) is 2. The zero-order valence-electron chi connectivity index (χ0n) is 9.90. The Balaban J connectivity index is 2.24. The van der Waals surface area contributed by atoms with Crippen LogP contribution in [0.3, 0.4) is 0 Å². The molecule has 0 fully saturated rings. The fourth-order valence-corrected chi connectivity index (χ4v) is 1.64. The van der Waals surface area contributed by atoms with E-state index in [-0.39, 0.29) is 0 Å². The normalized spacial score (nSPS) is 9.94. The van der Waals surface area contributed by atoms with Gasteiger partial charge >= 0.3 is 0 Å². The lowest BCUT2D eigenvalue weighted by Gasteiger charge is -2.10. The molecule has 0 saturated heterocycles. The largest absolute Gasteiger partial charge is 0.397 e. The van der Waals surface area contributed by atoms with Crippen LogP contribution in [-0.2, 0) is 0 Å². The first-order valence-electron chi connectivity index (χ1n) is 5.54. The third-order valence-corrected chi connectivity index (χ3v) is 2.63. The maximum Gasteiger partial charge on any atom is 0.0620 e. The predicted molar refractivity (Wildman–Crippen MR) is 75.4 cm³/mol. The van der Waals surface area contributed by atoms with Crippen molar-refractivity contribution in [3.05, 3.63) is 60.2 Å². The van der Waals surface area contributed by atoms with Crippen molar-refractivity contribution in [3.63, 3.8) is 0 Å². The van der Waals surface area contributed by atoms with Gasteiger partial charge in [0, 0.05) is 5.69 Å². The highest BCUT2D eigenvalue weighted by Gasteiger charge is 1.99. The van der Waals surface area contributed by atoms with Crippen LogP contribution in [0.15, 0.2) is 49.0 Å². The molecule has 2 aromatic rings. The molecule has 0 atom stereocenters. The van der Waals surface area contributed by atoms with Crippen LogP contribution in [0.4, 0.5) is 17.1 Å². The van der Waals surface area contributed by atoms with E-state index >= 15 is 0 Å². The van der Waals surface area contributed by atoms with Crippen LogP contribution in [0.2, 0.25) is 0 Å². The van der Waals surface area contributed by atoms with E-state index in [9.17, 15) is 0 Å². The topological polar surface area (TPSA) is 38.0 Å². The summed E-state index contributed by atoms with van der Waals surface area (Å²) in [6, 6.07) is 14.0. The smallest absolute Gasteiger partial charge is 0.0620 e. The second-order valence-corrected chi connectivity index (χ2v) is 4.04. The maximum atomic E-state index is 5.91. The zero-order chi connectivity index (χ0) is 12.3. The fraction of sp³-hybridized carbons (Fsp3) is 0.0667. The van der Waals surface area contributed by atoms with Crippen molar-refractivity contribution in [3.8, 4) is 0 Å². The number of aryl methyl sites for hydroxylation is 1. The summed E-state index contributed by atoms with van der Waals surface area (Å²) < 4.78 is 0. The standard InChI is InChI=1S/C15H16N2/c1-3-12-5-7-13(8-6-12)17-15-10-11(2)4-9-14(15)16/h3-10,17H,1,16H2,2H3. The highest BCUT2D eigenvalue weighted by atomic mass is 14.9. The van der Waals surface area contributed by atoms with Crippen LogP contribution < -0.4 is 11.1 Å². The number of nitrogen functional groups attached to an aromatic ring is 1. The second-order valence-electron chi connectivity index (χ2n) is 4.04. The van der Waals surface area contributed by atoms with E-state index in [1.165, 1.54) is 5.56 Å². The maximum absolute atomic E-state index is 5.91. The molecule has 17 heavy (non-hydrogen) atoms. The predicted octanol–water partition coefficient (Wildman–Crippen LogP) is 3.96. The summed E-state index contributed by atoms with van der Waals surface area (Å²) in [6.07, 6.45) is 1.82. The summed E-state index contributed by atoms with van der Waals surface area (Å²) >= 11 is 0. The minimum atomic E-state index is 0.753. The third-order valence-electron chi connectivity index (χ3n) is 2.63. The Bertz CT molecular complexity index is 527. The Morgan fingerprint density at radius 1 is 1.12 bits per heavy atom. The Hall–Kier alpha value is -2.22. The molecular formula is C15H16N2. The second kappa shape index (κ2) is 4.74. The van der Waals surface area contributed by atoms with E-state index in [4.69, 9.17) is 5.73 Å². The molecule has 0 radical (unpaired) electrons. The molecule has 2 aromatic carbocycles. The van der Waals surface area contributed by atoms with Gasteiger partial charge in [0.1, 0.15) is 0 Å². The summed E-state index contributed by atoms with van der Waals surface area (Å²) in [5.74, 6) is 0. The van der Waals surface area contributed by atoms with E-state index < -0.39 is 0 Å². The minimum absolute atomic E-state index is 0.753. The quantitative estimate of drug-likeness (QED) is 0.774. The highest BCUT2D eigenvalue weighted by molar-refractivity contribution is 5.73. The molecule has 2 rings (SSSR count). The van der Waals surface area contributed by atoms with E-state index in [0.717, 1.165) is 22.6 Å². The van der Waals surface area contributed by atoms with E-state index in [1.807, 2.05) is 55.5 Å². The van der Waals surface area contributed by atoms with Crippen LogP contribution in [0.5, 0.6) is 0 Å². The first-order chi connectivity index (χ1) is 8.19. The average Bonchev–Trinajstić information content (AvgIpc) is 2.35. The van der Waals surface area contributed by atoms with Gasteiger partial charge in [0.05, 0.1) is 11.4 Å². The summed E-state index contributed by atoms with van der Waals surface area (Å²) in [4.78, 5) is 0. The third kappa shape index (κ3) is 2.67. The SMILES string of the molecule is C=Cc1ccc(Nc2cc(C)ccc2N)cc1. The van der Waals surface area contributed by atoms with Crippen molar-refractivity contribution < 1.29 is 0 Å². The molecule has 0 saturated carbocycles. The van der Waals surface area contributed by atoms with Gasteiger partial charge in [-0.15, -0.1) is 0 Å². The van der Waals surface area contributed by atoms with Crippen LogP contribution in [0.1, 0.15) is 11.1 Å². The molecule has 2 heteroatoms. The van der Waals surface area contributed by atoms with Gasteiger partial charge in [0.25, 0.3) is 0 Å². The lowest BCUT2D eigenvalue weighted by Crippen LogP contribution is -1.96. The molecule has 0 amide bonds. The molecule has 3 N–H and O–H groups in total. The molecule has 0 aliphatic rings. The van der Waals surface area contributed by atoms with Gasteiger partial charge < -0.3 is 11.1 Å². The van der Waals surface area contributed by atoms with Crippen molar-refractivity contribution in [2.75, 3.05) is 11.1 Å². The van der Waals surface area contributed by atoms with Gasteiger partial charge in [-0.25, -0.2) is 0 Å². The molecule has 0 bridgehead atoms. The Labute approximate surface area is 102 Å². The molecule has 0 spiro atoms. The summed E-state index contributed by atoms with van der Waals surface area (Å²) in [5.41, 5.74) is 10.9. The average molecular weight is 224 g/mol. The van der Waals surface area contributed by atoms with Gasteiger partial charge in [-0.05, 0) is 42.3 Å². The van der Waals surface area contributed by atoms with Crippen molar-refractivity contribution in [1.29, 1.82) is 0 Å². The number of rotatable bonds is 3. The molecule has 0 aliphatic heterocycles. The van der Waals surface area contributed by atoms with Gasteiger partial charge in [0.2, 0.25) is 0 Å². The molecule has 0 heterocycles. The molecule has 0 aromatic heterocycles. The summed E-state index contributed by atoms with van der Waals surface area (Å²) in [7, 11) is 0. The molecule has 2 nitrogen and oxygen atoms in total. The summed E-state index contributed by atoms with van der Waals surface area (Å²) in [5, 5.41) is 3.31. The van der Waals surface area contributed by atoms with Crippen LogP contribution in [0.25, 0.3) is 6.08 Å². The lowest BCUT2D eigenvalue weighted by atomic mass is 10.1. The number of nitrogens with one attached hydrogen (secondary N) is 1. The minimum Gasteiger partial charge on any atom is -0.397 e. The Morgan fingerprint density at radius 3 is 2.47 bits per heavy atom. The number of anilines is 3. The van der Waals surface area contributed by atoms with Crippen LogP contribution in [-0.4, -0.2) is 0 Å². The highest BCUT2D eigenvalue weighted by Crippen LogP contribution is 2.24. The summed E-state index contributed by atoms with van der Waals surface area (Å²) in [6.45, 7) is 5.78. The van der Waals surface area contributed by atoms with Crippen molar-refractivity contribution in [2.45, 2.75) is 6.92 Å². The number of hydrogen-bond acceptors (Lipinski definition) is 2. The van der Waals surface area contributed by atoms with Crippen molar-refractivity contribution in [2.24, 2.45) is 0 Å². The lowest BCUT2D eigenvalue weighted by molar-refractivity contribution is 1.45. The van der Waals surface area contributed by atoms with E-state index in [1.54, 1.807) is 0 Å². The molecule has 0 aliphatic carbocycles. The van der Waals surface area contributed by atoms with E-state index in [2.05, 4.69) is 11.9 Å². The first-order valence-corrected chi connectivity index (χ1v) is 5.54. The van der Waals surface area contributed by atoms with Gasteiger partial charge in [-0.3, -0.25) is 0 Å². The van der Waals surface area contributed by atoms with Crippen molar-refractivity contribution in [1.82, 2.24) is 0 Å².